The molecule has 2 N–H and O–H groups in total. The van der Waals surface area contributed by atoms with Crippen molar-refractivity contribution in [2.75, 3.05) is 51.1 Å². The number of rotatable bonds is 6. The Balaban J connectivity index is 1.60. The summed E-state index contributed by atoms with van der Waals surface area (Å²) < 4.78 is 0. The van der Waals surface area contributed by atoms with Gasteiger partial charge in [0, 0.05) is 39.3 Å². The summed E-state index contributed by atoms with van der Waals surface area (Å²) in [6, 6.07) is 5.96. The fourth-order valence-corrected chi connectivity index (χ4v) is 3.65. The summed E-state index contributed by atoms with van der Waals surface area (Å²) >= 11 is 6.06. The zero-order chi connectivity index (χ0) is 20.8. The van der Waals surface area contributed by atoms with Crippen molar-refractivity contribution in [3.05, 3.63) is 29.3 Å². The lowest BCUT2D eigenvalue weighted by molar-refractivity contribution is -0.145. The normalized spacial score (nSPS) is 20.2. The van der Waals surface area contributed by atoms with Crippen molar-refractivity contribution in [1.82, 2.24) is 20.0 Å². The van der Waals surface area contributed by atoms with Crippen LogP contribution in [0, 0.1) is 0 Å². The SMILES string of the molecule is O=CN1CCN(CC(=O)N2CCNC(=O)[C@@H]2CC(=O)Nc2ccccc2Cl)CC1. The predicted molar refractivity (Wildman–Crippen MR) is 107 cm³/mol. The molecule has 0 aromatic heterocycles. The Hall–Kier alpha value is -2.65. The number of carbonyl (C=O) groups is 4. The van der Waals surface area contributed by atoms with Crippen molar-refractivity contribution in [2.24, 2.45) is 0 Å². The Labute approximate surface area is 173 Å². The van der Waals surface area contributed by atoms with Gasteiger partial charge in [-0.2, -0.15) is 0 Å². The number of nitrogens with zero attached hydrogens (tertiary/aromatic N) is 3. The second-order valence-electron chi connectivity index (χ2n) is 7.04. The molecule has 1 aromatic rings. The predicted octanol–water partition coefficient (Wildman–Crippen LogP) is -0.230. The van der Waals surface area contributed by atoms with E-state index in [-0.39, 0.29) is 24.8 Å². The lowest BCUT2D eigenvalue weighted by atomic mass is 10.1. The molecule has 0 unspecified atom stereocenters. The average molecular weight is 422 g/mol. The number of para-hydroxylation sites is 1. The fourth-order valence-electron chi connectivity index (χ4n) is 3.46. The Kier molecular flexibility index (Phi) is 7.05. The van der Waals surface area contributed by atoms with Gasteiger partial charge in [-0.15, -0.1) is 0 Å². The van der Waals surface area contributed by atoms with Crippen LogP contribution in [0.3, 0.4) is 0 Å². The number of amides is 4. The highest BCUT2D eigenvalue weighted by Crippen LogP contribution is 2.21. The van der Waals surface area contributed by atoms with E-state index >= 15 is 0 Å². The molecule has 156 valence electrons. The zero-order valence-corrected chi connectivity index (χ0v) is 16.7. The van der Waals surface area contributed by atoms with Crippen LogP contribution < -0.4 is 10.6 Å². The van der Waals surface area contributed by atoms with Gasteiger partial charge >= 0.3 is 0 Å². The van der Waals surface area contributed by atoms with Crippen LogP contribution in [0.5, 0.6) is 0 Å². The molecule has 0 radical (unpaired) electrons. The smallest absolute Gasteiger partial charge is 0.243 e. The molecule has 2 fully saturated rings. The summed E-state index contributed by atoms with van der Waals surface area (Å²) in [7, 11) is 0. The molecule has 2 aliphatic rings. The lowest BCUT2D eigenvalue weighted by Gasteiger charge is -2.37. The van der Waals surface area contributed by atoms with Crippen LogP contribution in [0.2, 0.25) is 5.02 Å². The molecular weight excluding hydrogens is 398 g/mol. The Bertz CT molecular complexity index is 782. The zero-order valence-electron chi connectivity index (χ0n) is 16.0. The third kappa shape index (κ3) is 5.45. The molecule has 0 bridgehead atoms. The van der Waals surface area contributed by atoms with Gasteiger partial charge in [-0.1, -0.05) is 23.7 Å². The molecule has 2 aliphatic heterocycles. The van der Waals surface area contributed by atoms with Crippen molar-refractivity contribution in [3.8, 4) is 0 Å². The van der Waals surface area contributed by atoms with Gasteiger partial charge in [0.1, 0.15) is 6.04 Å². The van der Waals surface area contributed by atoms with Gasteiger partial charge in [-0.25, -0.2) is 0 Å². The maximum absolute atomic E-state index is 12.8. The average Bonchev–Trinajstić information content (AvgIpc) is 2.71. The highest BCUT2D eigenvalue weighted by atomic mass is 35.5. The Morgan fingerprint density at radius 1 is 1.17 bits per heavy atom. The number of hydrogen-bond acceptors (Lipinski definition) is 5. The first-order chi connectivity index (χ1) is 14.0. The topological polar surface area (TPSA) is 102 Å². The van der Waals surface area contributed by atoms with Crippen LogP contribution >= 0.6 is 11.6 Å². The first kappa shape index (κ1) is 21.1. The van der Waals surface area contributed by atoms with E-state index in [4.69, 9.17) is 11.6 Å². The first-order valence-electron chi connectivity index (χ1n) is 9.51. The standard InChI is InChI=1S/C19H24ClN5O4/c20-14-3-1-2-4-15(14)22-17(27)11-16-19(29)21-5-6-25(16)18(28)12-23-7-9-24(13-26)10-8-23/h1-4,13,16H,5-12H2,(H,21,29)(H,22,27)/t16-/m0/s1. The minimum atomic E-state index is -0.866. The van der Waals surface area contributed by atoms with E-state index in [9.17, 15) is 19.2 Å². The second-order valence-corrected chi connectivity index (χ2v) is 7.45. The number of carbonyl (C=O) groups excluding carboxylic acids is 4. The Morgan fingerprint density at radius 2 is 1.90 bits per heavy atom. The van der Waals surface area contributed by atoms with Crippen LogP contribution in [-0.4, -0.2) is 90.7 Å². The number of halogens is 1. The fraction of sp³-hybridized carbons (Fsp3) is 0.474. The summed E-state index contributed by atoms with van der Waals surface area (Å²) in [5.41, 5.74) is 0.460. The molecule has 9 nitrogen and oxygen atoms in total. The summed E-state index contributed by atoms with van der Waals surface area (Å²) in [5.74, 6) is -0.933. The number of benzene rings is 1. The lowest BCUT2D eigenvalue weighted by Crippen LogP contribution is -2.60. The number of anilines is 1. The minimum Gasteiger partial charge on any atom is -0.353 e. The highest BCUT2D eigenvalue weighted by Gasteiger charge is 2.35. The Morgan fingerprint density at radius 3 is 2.59 bits per heavy atom. The summed E-state index contributed by atoms with van der Waals surface area (Å²) in [4.78, 5) is 53.6. The van der Waals surface area contributed by atoms with E-state index in [1.54, 1.807) is 29.2 Å². The van der Waals surface area contributed by atoms with Crippen LogP contribution in [0.4, 0.5) is 5.69 Å². The number of piperazine rings is 2. The van der Waals surface area contributed by atoms with Gasteiger partial charge in [0.2, 0.25) is 24.1 Å². The molecule has 1 atom stereocenters. The van der Waals surface area contributed by atoms with Crippen LogP contribution in [0.1, 0.15) is 6.42 Å². The van der Waals surface area contributed by atoms with Crippen LogP contribution in [0.25, 0.3) is 0 Å². The summed E-state index contributed by atoms with van der Waals surface area (Å²) in [6.45, 7) is 3.20. The van der Waals surface area contributed by atoms with Crippen molar-refractivity contribution in [1.29, 1.82) is 0 Å². The maximum Gasteiger partial charge on any atom is 0.243 e. The number of nitrogens with one attached hydrogen (secondary N) is 2. The monoisotopic (exact) mass is 421 g/mol. The molecule has 10 heteroatoms. The van der Waals surface area contributed by atoms with E-state index in [0.717, 1.165) is 6.41 Å². The molecule has 2 saturated heterocycles. The van der Waals surface area contributed by atoms with Gasteiger partial charge < -0.3 is 20.4 Å². The van der Waals surface area contributed by atoms with E-state index in [1.165, 1.54) is 4.90 Å². The van der Waals surface area contributed by atoms with E-state index in [0.29, 0.717) is 50.0 Å². The summed E-state index contributed by atoms with van der Waals surface area (Å²) in [5, 5.41) is 5.81. The molecule has 0 saturated carbocycles. The quantitative estimate of drug-likeness (QED) is 0.618. The van der Waals surface area contributed by atoms with Crippen molar-refractivity contribution in [2.45, 2.75) is 12.5 Å². The van der Waals surface area contributed by atoms with Crippen molar-refractivity contribution < 1.29 is 19.2 Å². The molecule has 0 aliphatic carbocycles. The number of hydrogen-bond donors (Lipinski definition) is 2. The van der Waals surface area contributed by atoms with Gasteiger partial charge in [0.25, 0.3) is 0 Å². The van der Waals surface area contributed by atoms with Gasteiger partial charge in [-0.3, -0.25) is 24.1 Å². The maximum atomic E-state index is 12.8. The molecular formula is C19H24ClN5O4. The van der Waals surface area contributed by atoms with Crippen LogP contribution in [-0.2, 0) is 19.2 Å². The third-order valence-electron chi connectivity index (χ3n) is 5.09. The van der Waals surface area contributed by atoms with E-state index < -0.39 is 11.9 Å². The molecule has 0 spiro atoms. The summed E-state index contributed by atoms with van der Waals surface area (Å²) in [6.07, 6.45) is 0.656. The van der Waals surface area contributed by atoms with Gasteiger partial charge in [0.05, 0.1) is 23.7 Å². The molecule has 29 heavy (non-hydrogen) atoms. The van der Waals surface area contributed by atoms with E-state index in [2.05, 4.69) is 10.6 Å². The van der Waals surface area contributed by atoms with Gasteiger partial charge in [0.15, 0.2) is 0 Å². The minimum absolute atomic E-state index is 0.151. The van der Waals surface area contributed by atoms with Crippen LogP contribution in [0.15, 0.2) is 24.3 Å². The van der Waals surface area contributed by atoms with Crippen molar-refractivity contribution in [3.63, 3.8) is 0 Å². The second kappa shape index (κ2) is 9.71. The van der Waals surface area contributed by atoms with Gasteiger partial charge in [-0.05, 0) is 12.1 Å². The van der Waals surface area contributed by atoms with Crippen molar-refractivity contribution >= 4 is 41.4 Å². The molecule has 3 rings (SSSR count). The van der Waals surface area contributed by atoms with E-state index in [1.807, 2.05) is 4.90 Å². The molecule has 2 heterocycles. The largest absolute Gasteiger partial charge is 0.353 e. The first-order valence-corrected chi connectivity index (χ1v) is 9.89. The third-order valence-corrected chi connectivity index (χ3v) is 5.42. The highest BCUT2D eigenvalue weighted by molar-refractivity contribution is 6.33. The molecule has 4 amide bonds. The molecule has 1 aromatic carbocycles.